The van der Waals surface area contributed by atoms with Gasteiger partial charge in [-0.2, -0.15) is 10.1 Å². The number of aromatic carboxylic acids is 1. The molecule has 172 valence electrons. The van der Waals surface area contributed by atoms with E-state index in [0.717, 1.165) is 11.1 Å². The van der Waals surface area contributed by atoms with Gasteiger partial charge in [0.1, 0.15) is 6.61 Å². The molecule has 3 aromatic carbocycles. The summed E-state index contributed by atoms with van der Waals surface area (Å²) >= 11 is 6.20. The van der Waals surface area contributed by atoms with Crippen molar-refractivity contribution in [3.05, 3.63) is 94.0 Å². The molecule has 0 bridgehead atoms. The van der Waals surface area contributed by atoms with Crippen molar-refractivity contribution in [2.75, 3.05) is 12.1 Å². The van der Waals surface area contributed by atoms with Gasteiger partial charge in [0.05, 0.1) is 29.6 Å². The number of rotatable bonds is 7. The fraction of sp³-hybridized carbons (Fsp3) is 0.115. The fourth-order valence-corrected chi connectivity index (χ4v) is 3.65. The predicted molar refractivity (Wildman–Crippen MR) is 131 cm³/mol. The smallest absolute Gasteiger partial charge is 0.335 e. The predicted octanol–water partition coefficient (Wildman–Crippen LogP) is 5.43. The molecule has 1 N–H and O–H groups in total. The molecule has 3 aromatic rings. The number of anilines is 1. The maximum absolute atomic E-state index is 13.0. The monoisotopic (exact) mass is 476 g/mol. The lowest BCUT2D eigenvalue weighted by Crippen LogP contribution is -2.21. The highest BCUT2D eigenvalue weighted by Gasteiger charge is 2.29. The number of amides is 1. The number of carboxylic acid groups (broad SMARTS) is 1. The van der Waals surface area contributed by atoms with E-state index in [4.69, 9.17) is 21.1 Å². The van der Waals surface area contributed by atoms with Crippen LogP contribution in [-0.2, 0) is 11.4 Å². The minimum atomic E-state index is -1.08. The van der Waals surface area contributed by atoms with Crippen molar-refractivity contribution in [2.24, 2.45) is 5.10 Å². The largest absolute Gasteiger partial charge is 0.493 e. The zero-order valence-corrected chi connectivity index (χ0v) is 19.2. The van der Waals surface area contributed by atoms with Crippen LogP contribution in [0.3, 0.4) is 0 Å². The first-order chi connectivity index (χ1) is 16.4. The summed E-state index contributed by atoms with van der Waals surface area (Å²) in [5.74, 6) is -0.376. The average Bonchev–Trinajstić information content (AvgIpc) is 3.12. The molecule has 0 aliphatic carbocycles. The molecule has 1 amide bonds. The van der Waals surface area contributed by atoms with Crippen LogP contribution in [0.2, 0.25) is 5.02 Å². The Bertz CT molecular complexity index is 1330. The van der Waals surface area contributed by atoms with Crippen LogP contribution in [0.15, 0.2) is 77.4 Å². The zero-order valence-electron chi connectivity index (χ0n) is 18.5. The molecule has 34 heavy (non-hydrogen) atoms. The second-order valence-corrected chi connectivity index (χ2v) is 7.91. The van der Waals surface area contributed by atoms with Gasteiger partial charge in [-0.1, -0.05) is 41.9 Å². The second-order valence-electron chi connectivity index (χ2n) is 7.51. The number of carboxylic acids is 1. The lowest BCUT2D eigenvalue weighted by atomic mass is 10.1. The summed E-state index contributed by atoms with van der Waals surface area (Å²) in [7, 11) is 1.54. The Morgan fingerprint density at radius 1 is 1.09 bits per heavy atom. The maximum atomic E-state index is 13.0. The van der Waals surface area contributed by atoms with E-state index in [-0.39, 0.29) is 18.1 Å². The van der Waals surface area contributed by atoms with E-state index >= 15 is 0 Å². The summed E-state index contributed by atoms with van der Waals surface area (Å²) in [6.07, 6.45) is 1.71. The zero-order chi connectivity index (χ0) is 24.2. The van der Waals surface area contributed by atoms with Crippen LogP contribution < -0.4 is 14.5 Å². The van der Waals surface area contributed by atoms with Gasteiger partial charge < -0.3 is 14.6 Å². The molecule has 0 spiro atoms. The van der Waals surface area contributed by atoms with E-state index in [9.17, 15) is 14.7 Å². The molecule has 0 fully saturated rings. The van der Waals surface area contributed by atoms with Crippen LogP contribution in [0.5, 0.6) is 11.5 Å². The first-order valence-corrected chi connectivity index (χ1v) is 10.7. The average molecular weight is 477 g/mol. The highest BCUT2D eigenvalue weighted by atomic mass is 35.5. The third-order valence-corrected chi connectivity index (χ3v) is 5.61. The molecule has 0 saturated carbocycles. The van der Waals surface area contributed by atoms with Crippen LogP contribution in [0, 0.1) is 0 Å². The van der Waals surface area contributed by atoms with E-state index in [2.05, 4.69) is 5.10 Å². The van der Waals surface area contributed by atoms with Gasteiger partial charge in [-0.05, 0) is 55.0 Å². The molecule has 8 heteroatoms. The Morgan fingerprint density at radius 3 is 2.62 bits per heavy atom. The number of carbonyl (C=O) groups is 2. The van der Waals surface area contributed by atoms with Crippen molar-refractivity contribution < 1.29 is 24.2 Å². The number of halogens is 1. The normalized spacial score (nSPS) is 14.3. The molecule has 7 nitrogen and oxygen atoms in total. The number of hydrogen-bond acceptors (Lipinski definition) is 5. The molecular formula is C26H21ClN2O5. The van der Waals surface area contributed by atoms with Gasteiger partial charge in [-0.25, -0.2) is 4.79 Å². The molecule has 0 atom stereocenters. The molecule has 0 unspecified atom stereocenters. The number of benzene rings is 3. The van der Waals surface area contributed by atoms with Gasteiger partial charge in [0.15, 0.2) is 11.5 Å². The number of hydrogen-bond donors (Lipinski definition) is 1. The fourth-order valence-electron chi connectivity index (χ4n) is 3.46. The van der Waals surface area contributed by atoms with E-state index in [1.807, 2.05) is 24.3 Å². The number of hydrazone groups is 1. The SMILES string of the molecule is COc1cc(C=C2C(=O)N(c3cccc(C(=O)O)c3)N=C2C)ccc1OCc1ccccc1Cl. The van der Waals surface area contributed by atoms with Gasteiger partial charge >= 0.3 is 5.97 Å². The lowest BCUT2D eigenvalue weighted by molar-refractivity contribution is -0.114. The minimum Gasteiger partial charge on any atom is -0.493 e. The van der Waals surface area contributed by atoms with Gasteiger partial charge in [0, 0.05) is 10.6 Å². The second kappa shape index (κ2) is 9.80. The molecule has 0 radical (unpaired) electrons. The number of methoxy groups -OCH3 is 1. The van der Waals surface area contributed by atoms with Crippen LogP contribution in [-0.4, -0.2) is 29.8 Å². The van der Waals surface area contributed by atoms with E-state index in [1.165, 1.54) is 17.1 Å². The van der Waals surface area contributed by atoms with E-state index in [1.54, 1.807) is 50.4 Å². The molecule has 4 rings (SSSR count). The standard InChI is InChI=1S/C26H21ClN2O5/c1-16-21(25(30)29(28-16)20-8-5-7-18(14-20)26(31)32)12-17-10-11-23(24(13-17)33-2)34-15-19-6-3-4-9-22(19)27/h3-14H,15H2,1-2H3,(H,31,32). The van der Waals surface area contributed by atoms with Crippen LogP contribution in [0.25, 0.3) is 6.08 Å². The molecule has 1 aliphatic rings. The Balaban J connectivity index is 1.56. The van der Waals surface area contributed by atoms with Gasteiger partial charge in [0.25, 0.3) is 5.91 Å². The van der Waals surface area contributed by atoms with Crippen LogP contribution in [0.1, 0.15) is 28.4 Å². The summed E-state index contributed by atoms with van der Waals surface area (Å²) in [6.45, 7) is 2.01. The summed E-state index contributed by atoms with van der Waals surface area (Å²) in [5, 5.41) is 15.4. The Kier molecular flexibility index (Phi) is 6.65. The summed E-state index contributed by atoms with van der Waals surface area (Å²) < 4.78 is 11.4. The van der Waals surface area contributed by atoms with Gasteiger partial charge in [-0.3, -0.25) is 4.79 Å². The number of nitrogens with zero attached hydrogens (tertiary/aromatic N) is 2. The van der Waals surface area contributed by atoms with Crippen molar-refractivity contribution >= 4 is 41.0 Å². The van der Waals surface area contributed by atoms with Gasteiger partial charge in [0.2, 0.25) is 0 Å². The Morgan fingerprint density at radius 2 is 1.88 bits per heavy atom. The highest BCUT2D eigenvalue weighted by Crippen LogP contribution is 2.32. The van der Waals surface area contributed by atoms with E-state index in [0.29, 0.717) is 33.5 Å². The molecule has 0 aromatic heterocycles. The van der Waals surface area contributed by atoms with E-state index < -0.39 is 5.97 Å². The maximum Gasteiger partial charge on any atom is 0.335 e. The topological polar surface area (TPSA) is 88.4 Å². The lowest BCUT2D eigenvalue weighted by Gasteiger charge is -2.13. The third kappa shape index (κ3) is 4.79. The highest BCUT2D eigenvalue weighted by molar-refractivity contribution is 6.32. The minimum absolute atomic E-state index is 0.0766. The number of ether oxygens (including phenoxy) is 2. The molecular weight excluding hydrogens is 456 g/mol. The van der Waals surface area contributed by atoms with Crippen molar-refractivity contribution in [1.29, 1.82) is 0 Å². The Labute approximate surface area is 201 Å². The summed E-state index contributed by atoms with van der Waals surface area (Å²) in [4.78, 5) is 24.3. The summed E-state index contributed by atoms with van der Waals surface area (Å²) in [5.41, 5.74) is 2.95. The van der Waals surface area contributed by atoms with Crippen molar-refractivity contribution in [2.45, 2.75) is 13.5 Å². The molecule has 1 aliphatic heterocycles. The van der Waals surface area contributed by atoms with Crippen molar-refractivity contribution in [3.63, 3.8) is 0 Å². The Hall–Kier alpha value is -4.10. The van der Waals surface area contributed by atoms with Crippen molar-refractivity contribution in [3.8, 4) is 11.5 Å². The summed E-state index contributed by atoms with van der Waals surface area (Å²) in [6, 6.07) is 18.9. The van der Waals surface area contributed by atoms with Crippen molar-refractivity contribution in [1.82, 2.24) is 0 Å². The first kappa shape index (κ1) is 23.1. The first-order valence-electron chi connectivity index (χ1n) is 10.4. The van der Waals surface area contributed by atoms with Crippen LogP contribution in [0.4, 0.5) is 5.69 Å². The molecule has 1 heterocycles. The van der Waals surface area contributed by atoms with Gasteiger partial charge in [-0.15, -0.1) is 0 Å². The third-order valence-electron chi connectivity index (χ3n) is 5.24. The van der Waals surface area contributed by atoms with Crippen LogP contribution >= 0.6 is 11.6 Å². The quantitative estimate of drug-likeness (QED) is 0.459. The molecule has 0 saturated heterocycles. The number of carbonyl (C=O) groups excluding carboxylic acids is 1.